The van der Waals surface area contributed by atoms with Crippen molar-refractivity contribution in [3.8, 4) is 0 Å². The average molecular weight is 403 g/mol. The maximum atomic E-state index is 13.2. The molecule has 160 valence electrons. The monoisotopic (exact) mass is 402 g/mol. The van der Waals surface area contributed by atoms with Crippen LogP contribution < -0.4 is 10.5 Å². The van der Waals surface area contributed by atoms with Crippen LogP contribution in [0.1, 0.15) is 69.0 Å². The number of carbonyl (C=O) groups excluding carboxylic acids is 1. The molecule has 3 fully saturated rings. The predicted molar refractivity (Wildman–Crippen MR) is 112 cm³/mol. The summed E-state index contributed by atoms with van der Waals surface area (Å²) in [5, 5.41) is 0. The summed E-state index contributed by atoms with van der Waals surface area (Å²) in [5.74, 6) is 0.837. The van der Waals surface area contributed by atoms with Crippen LogP contribution in [-0.4, -0.2) is 59.2 Å². The first-order valence-corrected chi connectivity index (χ1v) is 11.4. The third kappa shape index (κ3) is 4.65. The van der Waals surface area contributed by atoms with Gasteiger partial charge >= 0.3 is 0 Å². The van der Waals surface area contributed by atoms with Crippen molar-refractivity contribution in [2.75, 3.05) is 31.2 Å². The number of amides is 1. The van der Waals surface area contributed by atoms with E-state index in [4.69, 9.17) is 4.74 Å². The zero-order chi connectivity index (χ0) is 20.2. The van der Waals surface area contributed by atoms with Crippen LogP contribution in [-0.2, 0) is 16.0 Å². The zero-order valence-corrected chi connectivity index (χ0v) is 17.6. The number of hydrogen-bond donors (Lipinski definition) is 1. The quantitative estimate of drug-likeness (QED) is 0.791. The number of aromatic nitrogens is 2. The van der Waals surface area contributed by atoms with Gasteiger partial charge in [-0.05, 0) is 39.0 Å². The highest BCUT2D eigenvalue weighted by atomic mass is 16.5. The fraction of sp³-hybridized carbons (Fsp3) is 0.773. The van der Waals surface area contributed by atoms with Crippen LogP contribution in [0.5, 0.6) is 0 Å². The van der Waals surface area contributed by atoms with Gasteiger partial charge in [0.1, 0.15) is 0 Å². The minimum atomic E-state index is -0.111. The largest absolute Gasteiger partial charge is 0.378 e. The summed E-state index contributed by atoms with van der Waals surface area (Å²) in [7, 11) is 0. The molecule has 3 aliphatic rings. The fourth-order valence-electron chi connectivity index (χ4n) is 5.25. The Morgan fingerprint density at radius 2 is 1.69 bits per heavy atom. The van der Waals surface area contributed by atoms with Crippen LogP contribution in [0.15, 0.2) is 4.79 Å². The van der Waals surface area contributed by atoms with Gasteiger partial charge in [0.15, 0.2) is 0 Å². The molecule has 2 saturated carbocycles. The fourth-order valence-corrected chi connectivity index (χ4v) is 5.25. The number of anilines is 1. The molecule has 0 spiro atoms. The lowest BCUT2D eigenvalue weighted by atomic mass is 10.1. The summed E-state index contributed by atoms with van der Waals surface area (Å²) in [6.07, 6.45) is 10.3. The van der Waals surface area contributed by atoms with Crippen molar-refractivity contribution in [2.45, 2.75) is 83.2 Å². The molecule has 7 heteroatoms. The van der Waals surface area contributed by atoms with Crippen molar-refractivity contribution in [3.05, 3.63) is 21.6 Å². The van der Waals surface area contributed by atoms with E-state index in [2.05, 4.69) is 19.8 Å². The number of rotatable bonds is 6. The minimum Gasteiger partial charge on any atom is -0.378 e. The molecule has 1 aromatic heterocycles. The normalized spacial score (nSPS) is 21.1. The molecule has 0 radical (unpaired) electrons. The van der Waals surface area contributed by atoms with E-state index >= 15 is 0 Å². The van der Waals surface area contributed by atoms with Gasteiger partial charge < -0.3 is 14.5 Å². The Morgan fingerprint density at radius 1 is 1.10 bits per heavy atom. The lowest BCUT2D eigenvalue weighted by Gasteiger charge is -2.35. The second kappa shape index (κ2) is 9.28. The van der Waals surface area contributed by atoms with Gasteiger partial charge in [0.25, 0.3) is 5.56 Å². The van der Waals surface area contributed by atoms with E-state index in [1.165, 1.54) is 25.7 Å². The van der Waals surface area contributed by atoms with Gasteiger partial charge in [-0.15, -0.1) is 0 Å². The first-order chi connectivity index (χ1) is 14.1. The molecule has 0 atom stereocenters. The number of hydrogen-bond acceptors (Lipinski definition) is 5. The Labute approximate surface area is 172 Å². The molecule has 1 saturated heterocycles. The molecule has 1 aromatic rings. The van der Waals surface area contributed by atoms with Gasteiger partial charge in [0.2, 0.25) is 11.9 Å². The number of morpholine rings is 1. The van der Waals surface area contributed by atoms with Crippen LogP contribution in [0.3, 0.4) is 0 Å². The molecule has 1 aliphatic heterocycles. The Kier molecular flexibility index (Phi) is 6.53. The van der Waals surface area contributed by atoms with Gasteiger partial charge in [-0.1, -0.05) is 25.7 Å². The van der Waals surface area contributed by atoms with Crippen molar-refractivity contribution >= 4 is 11.9 Å². The van der Waals surface area contributed by atoms with Crippen LogP contribution in [0.4, 0.5) is 5.95 Å². The first kappa shape index (κ1) is 20.4. The van der Waals surface area contributed by atoms with Gasteiger partial charge in [0, 0.05) is 42.9 Å². The lowest BCUT2D eigenvalue weighted by Crippen LogP contribution is -2.45. The number of ether oxygens (including phenoxy) is 1. The van der Waals surface area contributed by atoms with Crippen LogP contribution >= 0.6 is 0 Å². The molecular weight excluding hydrogens is 368 g/mol. The summed E-state index contributed by atoms with van der Waals surface area (Å²) in [5.41, 5.74) is 1.27. The highest BCUT2D eigenvalue weighted by Crippen LogP contribution is 2.32. The van der Waals surface area contributed by atoms with Crippen LogP contribution in [0.25, 0.3) is 0 Å². The van der Waals surface area contributed by atoms with Crippen molar-refractivity contribution in [3.63, 3.8) is 0 Å². The first-order valence-electron chi connectivity index (χ1n) is 11.4. The van der Waals surface area contributed by atoms with E-state index in [-0.39, 0.29) is 11.5 Å². The van der Waals surface area contributed by atoms with Crippen LogP contribution in [0, 0.1) is 6.92 Å². The summed E-state index contributed by atoms with van der Waals surface area (Å²) < 4.78 is 5.37. The standard InChI is InChI=1S/C22H34N4O3/c1-16-19(21(28)24-22(23-16)25-12-14-29-15-13-25)10-11-20(27)26(17-6-2-3-7-17)18-8-4-5-9-18/h17-18H,2-15H2,1H3,(H,23,24,28). The molecule has 0 bridgehead atoms. The molecule has 1 amide bonds. The summed E-state index contributed by atoms with van der Waals surface area (Å²) in [4.78, 5) is 37.7. The predicted octanol–water partition coefficient (Wildman–Crippen LogP) is 2.56. The molecular formula is C22H34N4O3. The van der Waals surface area contributed by atoms with Crippen molar-refractivity contribution in [1.82, 2.24) is 14.9 Å². The smallest absolute Gasteiger partial charge is 0.255 e. The second-order valence-corrected chi connectivity index (χ2v) is 8.73. The number of aromatic amines is 1. The minimum absolute atomic E-state index is 0.111. The van der Waals surface area contributed by atoms with Crippen molar-refractivity contribution in [2.24, 2.45) is 0 Å². The summed E-state index contributed by atoms with van der Waals surface area (Å²) in [6, 6.07) is 0.818. The number of carbonyl (C=O) groups is 1. The van der Waals surface area contributed by atoms with Gasteiger partial charge in [-0.2, -0.15) is 0 Å². The van der Waals surface area contributed by atoms with E-state index in [0.29, 0.717) is 49.7 Å². The Balaban J connectivity index is 1.44. The molecule has 0 aromatic carbocycles. The van der Waals surface area contributed by atoms with Gasteiger partial charge in [0.05, 0.1) is 13.2 Å². The Morgan fingerprint density at radius 3 is 2.24 bits per heavy atom. The van der Waals surface area contributed by atoms with Crippen molar-refractivity contribution in [1.29, 1.82) is 0 Å². The van der Waals surface area contributed by atoms with Gasteiger partial charge in [-0.25, -0.2) is 4.98 Å². The zero-order valence-electron chi connectivity index (χ0n) is 17.6. The number of nitrogens with zero attached hydrogens (tertiary/aromatic N) is 3. The molecule has 7 nitrogen and oxygen atoms in total. The average Bonchev–Trinajstić information content (AvgIpc) is 3.43. The molecule has 2 heterocycles. The number of nitrogens with one attached hydrogen (secondary N) is 1. The Bertz CT molecular complexity index is 744. The topological polar surface area (TPSA) is 78.5 Å². The molecule has 0 unspecified atom stereocenters. The second-order valence-electron chi connectivity index (χ2n) is 8.73. The number of H-pyrrole nitrogens is 1. The highest BCUT2D eigenvalue weighted by Gasteiger charge is 2.33. The van der Waals surface area contributed by atoms with E-state index < -0.39 is 0 Å². The van der Waals surface area contributed by atoms with E-state index in [9.17, 15) is 9.59 Å². The molecule has 2 aliphatic carbocycles. The summed E-state index contributed by atoms with van der Waals surface area (Å²) in [6.45, 7) is 4.65. The third-order valence-corrected chi connectivity index (χ3v) is 6.83. The van der Waals surface area contributed by atoms with E-state index in [1.807, 2.05) is 6.92 Å². The van der Waals surface area contributed by atoms with E-state index in [0.717, 1.165) is 44.5 Å². The molecule has 4 rings (SSSR count). The Hall–Kier alpha value is -1.89. The maximum Gasteiger partial charge on any atom is 0.255 e. The molecule has 1 N–H and O–H groups in total. The van der Waals surface area contributed by atoms with Crippen LogP contribution in [0.2, 0.25) is 0 Å². The third-order valence-electron chi connectivity index (χ3n) is 6.83. The van der Waals surface area contributed by atoms with E-state index in [1.54, 1.807) is 0 Å². The van der Waals surface area contributed by atoms with Crippen molar-refractivity contribution < 1.29 is 9.53 Å². The lowest BCUT2D eigenvalue weighted by molar-refractivity contribution is -0.136. The van der Waals surface area contributed by atoms with Gasteiger partial charge in [-0.3, -0.25) is 14.6 Å². The molecule has 29 heavy (non-hydrogen) atoms. The SMILES string of the molecule is Cc1nc(N2CCOCC2)[nH]c(=O)c1CCC(=O)N(C1CCCC1)C1CCCC1. The maximum absolute atomic E-state index is 13.2. The highest BCUT2D eigenvalue weighted by molar-refractivity contribution is 5.77. The summed E-state index contributed by atoms with van der Waals surface area (Å²) >= 11 is 0. The number of aryl methyl sites for hydroxylation is 1.